The molecule has 0 aliphatic rings. The summed E-state index contributed by atoms with van der Waals surface area (Å²) < 4.78 is 0. The smallest absolute Gasteiger partial charge is 0.327 e. The molecule has 0 aromatic rings. The molecule has 28 heavy (non-hydrogen) atoms. The van der Waals surface area contributed by atoms with Crippen molar-refractivity contribution in [2.45, 2.75) is 37.4 Å². The lowest BCUT2D eigenvalue weighted by Gasteiger charge is -2.20. The van der Waals surface area contributed by atoms with E-state index in [0.29, 0.717) is 0 Å². The van der Waals surface area contributed by atoms with E-state index in [9.17, 15) is 28.8 Å². The first kappa shape index (κ1) is 25.1. The van der Waals surface area contributed by atoms with Gasteiger partial charge in [0.1, 0.15) is 12.1 Å². The molecule has 158 valence electrons. The fourth-order valence-corrected chi connectivity index (χ4v) is 2.07. The second-order valence-electron chi connectivity index (χ2n) is 5.63. The number of hydrogen-bond acceptors (Lipinski definition) is 8. The molecule has 0 heterocycles. The quantitative estimate of drug-likeness (QED) is 0.136. The molecule has 0 bridgehead atoms. The van der Waals surface area contributed by atoms with E-state index in [-0.39, 0.29) is 18.6 Å². The number of carboxylic acids is 2. The minimum atomic E-state index is -1.47. The van der Waals surface area contributed by atoms with Crippen molar-refractivity contribution in [2.75, 3.05) is 12.3 Å². The highest BCUT2D eigenvalue weighted by molar-refractivity contribution is 7.80. The molecule has 4 amide bonds. The summed E-state index contributed by atoms with van der Waals surface area (Å²) >= 11 is 3.77. The minimum absolute atomic E-state index is 0.143. The first-order chi connectivity index (χ1) is 13.0. The van der Waals surface area contributed by atoms with E-state index < -0.39 is 66.7 Å². The fraction of sp³-hybridized carbons (Fsp3) is 0.571. The average molecular weight is 421 g/mol. The molecule has 0 aromatic carbocycles. The maximum atomic E-state index is 12.1. The number of thiol groups is 1. The van der Waals surface area contributed by atoms with Gasteiger partial charge in [-0.25, -0.2) is 4.79 Å². The Bertz CT molecular complexity index is 629. The number of nitrogens with one attached hydrogen (secondary N) is 3. The third-order valence-corrected chi connectivity index (χ3v) is 3.65. The summed E-state index contributed by atoms with van der Waals surface area (Å²) in [6, 6.07) is -3.97. The van der Waals surface area contributed by atoms with Crippen LogP contribution in [0, 0.1) is 0 Å². The van der Waals surface area contributed by atoms with Crippen LogP contribution in [-0.4, -0.2) is 76.2 Å². The van der Waals surface area contributed by atoms with E-state index in [0.717, 1.165) is 0 Å². The van der Waals surface area contributed by atoms with Crippen molar-refractivity contribution in [3.63, 3.8) is 0 Å². The fourth-order valence-electron chi connectivity index (χ4n) is 1.82. The van der Waals surface area contributed by atoms with Gasteiger partial charge in [-0.05, 0) is 6.42 Å². The van der Waals surface area contributed by atoms with Gasteiger partial charge in [-0.3, -0.25) is 24.0 Å². The lowest BCUT2D eigenvalue weighted by molar-refractivity contribution is -0.141. The zero-order valence-electron chi connectivity index (χ0n) is 14.7. The van der Waals surface area contributed by atoms with Crippen LogP contribution in [0.4, 0.5) is 0 Å². The largest absolute Gasteiger partial charge is 0.481 e. The van der Waals surface area contributed by atoms with Crippen LogP contribution in [0.15, 0.2) is 0 Å². The van der Waals surface area contributed by atoms with Crippen molar-refractivity contribution < 1.29 is 39.0 Å². The third kappa shape index (κ3) is 10.3. The number of hydrogen-bond donors (Lipinski definition) is 8. The van der Waals surface area contributed by atoms with Crippen molar-refractivity contribution in [1.82, 2.24) is 16.0 Å². The topological polar surface area (TPSA) is 231 Å². The predicted octanol–water partition coefficient (Wildman–Crippen LogP) is -3.85. The number of carbonyl (C=O) groups excluding carboxylic acids is 4. The lowest BCUT2D eigenvalue weighted by Crippen LogP contribution is -2.55. The molecule has 14 heteroatoms. The third-order valence-electron chi connectivity index (χ3n) is 3.28. The van der Waals surface area contributed by atoms with E-state index >= 15 is 0 Å². The molecular weight excluding hydrogens is 398 g/mol. The summed E-state index contributed by atoms with van der Waals surface area (Å²) in [5.74, 6) is -6.30. The van der Waals surface area contributed by atoms with Gasteiger partial charge in [-0.2, -0.15) is 12.6 Å². The SMILES string of the molecule is NC(=O)CC(NC(=O)CNC(=O)C(N)CCC(=O)O)C(=O)NC(CS)C(=O)O. The summed E-state index contributed by atoms with van der Waals surface area (Å²) in [6.45, 7) is -0.614. The monoisotopic (exact) mass is 421 g/mol. The molecule has 0 rings (SSSR count). The second-order valence-corrected chi connectivity index (χ2v) is 5.99. The maximum Gasteiger partial charge on any atom is 0.327 e. The molecule has 9 N–H and O–H groups in total. The molecule has 3 unspecified atom stereocenters. The number of nitrogens with two attached hydrogens (primary N) is 2. The van der Waals surface area contributed by atoms with E-state index in [1.807, 2.05) is 0 Å². The highest BCUT2D eigenvalue weighted by Crippen LogP contribution is 1.97. The molecule has 0 aromatic heterocycles. The van der Waals surface area contributed by atoms with Crippen LogP contribution < -0.4 is 27.4 Å². The van der Waals surface area contributed by atoms with E-state index in [1.165, 1.54) is 0 Å². The number of aliphatic carboxylic acids is 2. The van der Waals surface area contributed by atoms with E-state index in [4.69, 9.17) is 21.7 Å². The Morgan fingerprint density at radius 3 is 2.04 bits per heavy atom. The first-order valence-electron chi connectivity index (χ1n) is 7.94. The number of amides is 4. The van der Waals surface area contributed by atoms with Crippen LogP contribution in [-0.2, 0) is 28.8 Å². The predicted molar refractivity (Wildman–Crippen MR) is 97.0 cm³/mol. The van der Waals surface area contributed by atoms with Gasteiger partial charge in [0.2, 0.25) is 23.6 Å². The van der Waals surface area contributed by atoms with Gasteiger partial charge in [-0.15, -0.1) is 0 Å². The van der Waals surface area contributed by atoms with Crippen LogP contribution in [0.25, 0.3) is 0 Å². The summed E-state index contributed by atoms with van der Waals surface area (Å²) in [7, 11) is 0. The Morgan fingerprint density at radius 1 is 0.964 bits per heavy atom. The molecule has 0 aliphatic carbocycles. The Morgan fingerprint density at radius 2 is 1.57 bits per heavy atom. The second kappa shape index (κ2) is 12.5. The van der Waals surface area contributed by atoms with Crippen molar-refractivity contribution >= 4 is 48.2 Å². The molecule has 0 aliphatic heterocycles. The molecule has 3 atom stereocenters. The molecular formula is C14H23N5O8S. The van der Waals surface area contributed by atoms with Gasteiger partial charge in [0.25, 0.3) is 0 Å². The van der Waals surface area contributed by atoms with E-state index in [1.54, 1.807) is 0 Å². The standard InChI is InChI=1S/C14H23N5O8S/c15-6(1-2-11(22)23)12(24)17-4-10(21)18-7(3-9(16)20)13(25)19-8(5-28)14(26)27/h6-8,28H,1-5,15H2,(H2,16,20)(H,17,24)(H,18,21)(H,19,25)(H,22,23)(H,26,27). The summed E-state index contributed by atoms with van der Waals surface area (Å²) in [6.07, 6.45) is -1.09. The number of carbonyl (C=O) groups is 6. The van der Waals surface area contributed by atoms with Crippen molar-refractivity contribution in [3.8, 4) is 0 Å². The molecule has 0 spiro atoms. The summed E-state index contributed by atoms with van der Waals surface area (Å²) in [5.41, 5.74) is 10.5. The van der Waals surface area contributed by atoms with Crippen molar-refractivity contribution in [1.29, 1.82) is 0 Å². The molecule has 0 saturated carbocycles. The zero-order chi connectivity index (χ0) is 21.9. The van der Waals surface area contributed by atoms with Crippen LogP contribution in [0.5, 0.6) is 0 Å². The van der Waals surface area contributed by atoms with E-state index in [2.05, 4.69) is 28.6 Å². The first-order valence-corrected chi connectivity index (χ1v) is 8.57. The Labute approximate surface area is 165 Å². The van der Waals surface area contributed by atoms with Gasteiger partial charge in [0, 0.05) is 12.2 Å². The van der Waals surface area contributed by atoms with Crippen LogP contribution in [0.3, 0.4) is 0 Å². The van der Waals surface area contributed by atoms with Gasteiger partial charge in [0.05, 0.1) is 19.0 Å². The van der Waals surface area contributed by atoms with Crippen LogP contribution >= 0.6 is 12.6 Å². The van der Waals surface area contributed by atoms with Crippen molar-refractivity contribution in [3.05, 3.63) is 0 Å². The Balaban J connectivity index is 4.74. The lowest BCUT2D eigenvalue weighted by atomic mass is 10.1. The molecule has 0 saturated heterocycles. The highest BCUT2D eigenvalue weighted by Gasteiger charge is 2.27. The Kier molecular flexibility index (Phi) is 11.2. The number of rotatable bonds is 13. The van der Waals surface area contributed by atoms with Gasteiger partial charge < -0.3 is 37.6 Å². The van der Waals surface area contributed by atoms with Gasteiger partial charge >= 0.3 is 11.9 Å². The molecule has 13 nitrogen and oxygen atoms in total. The summed E-state index contributed by atoms with van der Waals surface area (Å²) in [4.78, 5) is 68.1. The minimum Gasteiger partial charge on any atom is -0.481 e. The number of primary amides is 1. The number of carboxylic acid groups (broad SMARTS) is 2. The molecule has 0 radical (unpaired) electrons. The zero-order valence-corrected chi connectivity index (χ0v) is 15.6. The van der Waals surface area contributed by atoms with Crippen molar-refractivity contribution in [2.24, 2.45) is 11.5 Å². The van der Waals surface area contributed by atoms with Gasteiger partial charge in [0.15, 0.2) is 0 Å². The highest BCUT2D eigenvalue weighted by atomic mass is 32.1. The van der Waals surface area contributed by atoms with Gasteiger partial charge in [-0.1, -0.05) is 0 Å². The molecule has 0 fully saturated rings. The van der Waals surface area contributed by atoms with Crippen LogP contribution in [0.2, 0.25) is 0 Å². The maximum absolute atomic E-state index is 12.1. The average Bonchev–Trinajstić information content (AvgIpc) is 2.60. The summed E-state index contributed by atoms with van der Waals surface area (Å²) in [5, 5.41) is 23.8. The Hall–Kier alpha value is -2.87. The normalized spacial score (nSPS) is 13.5. The van der Waals surface area contributed by atoms with Crippen LogP contribution in [0.1, 0.15) is 19.3 Å².